The summed E-state index contributed by atoms with van der Waals surface area (Å²) in [6.07, 6.45) is 0. The predicted octanol–water partition coefficient (Wildman–Crippen LogP) is 0.315. The summed E-state index contributed by atoms with van der Waals surface area (Å²) < 4.78 is 35.4. The highest BCUT2D eigenvalue weighted by molar-refractivity contribution is 7.89. The second-order valence-corrected chi connectivity index (χ2v) is 4.77. The number of aromatic nitrogens is 1. The largest absolute Gasteiger partial charge is 0.322 e. The van der Waals surface area contributed by atoms with Gasteiger partial charge in [0.1, 0.15) is 10.7 Å². The van der Waals surface area contributed by atoms with Gasteiger partial charge < -0.3 is 4.98 Å². The van der Waals surface area contributed by atoms with Crippen molar-refractivity contribution >= 4 is 20.9 Å². The molecule has 0 spiro atoms. The summed E-state index contributed by atoms with van der Waals surface area (Å²) in [5, 5.41) is 5.23. The summed E-state index contributed by atoms with van der Waals surface area (Å²) in [6, 6.07) is 4.61. The smallest absolute Gasteiger partial charge is 0.248 e. The molecule has 0 bridgehead atoms. The van der Waals surface area contributed by atoms with E-state index in [0.29, 0.717) is 5.39 Å². The van der Waals surface area contributed by atoms with Gasteiger partial charge in [0.05, 0.1) is 5.52 Å². The number of rotatable bonds is 1. The summed E-state index contributed by atoms with van der Waals surface area (Å²) in [4.78, 5) is 12.7. The summed E-state index contributed by atoms with van der Waals surface area (Å²) in [5.74, 6) is -0.989. The fourth-order valence-electron chi connectivity index (χ4n) is 1.37. The Morgan fingerprint density at radius 1 is 1.25 bits per heavy atom. The first-order valence-corrected chi connectivity index (χ1v) is 5.78. The molecule has 1 aromatic heterocycles. The molecule has 3 N–H and O–H groups in total. The number of aromatic amines is 1. The van der Waals surface area contributed by atoms with Gasteiger partial charge in [0.15, 0.2) is 0 Å². The fourth-order valence-corrected chi connectivity index (χ4v) is 2.00. The average molecular weight is 242 g/mol. The van der Waals surface area contributed by atoms with Crippen molar-refractivity contribution in [3.8, 4) is 0 Å². The van der Waals surface area contributed by atoms with E-state index in [0.717, 1.165) is 12.1 Å². The van der Waals surface area contributed by atoms with Gasteiger partial charge in [0, 0.05) is 6.07 Å². The lowest BCUT2D eigenvalue weighted by atomic mass is 10.2. The molecule has 2 aromatic rings. The lowest BCUT2D eigenvalue weighted by Crippen LogP contribution is -2.14. The Morgan fingerprint density at radius 3 is 2.56 bits per heavy atom. The topological polar surface area (TPSA) is 93.0 Å². The number of H-pyrrole nitrogens is 1. The minimum Gasteiger partial charge on any atom is -0.322 e. The van der Waals surface area contributed by atoms with Crippen LogP contribution in [-0.4, -0.2) is 13.4 Å². The minimum atomic E-state index is -4.10. The molecule has 1 aromatic carbocycles. The van der Waals surface area contributed by atoms with Gasteiger partial charge in [-0.3, -0.25) is 4.79 Å². The third-order valence-electron chi connectivity index (χ3n) is 2.08. The standard InChI is InChI=1S/C9H7FN2O3S/c10-6-4-7-5(1-2-9(13)12-7)3-8(6)16(11,14)15/h1-4H,(H,12,13)(H2,11,14,15). The zero-order chi connectivity index (χ0) is 11.9. The maximum absolute atomic E-state index is 13.4. The van der Waals surface area contributed by atoms with E-state index < -0.39 is 26.3 Å². The van der Waals surface area contributed by atoms with Gasteiger partial charge in [-0.25, -0.2) is 17.9 Å². The number of nitrogens with one attached hydrogen (secondary N) is 1. The van der Waals surface area contributed by atoms with Crippen LogP contribution in [0.25, 0.3) is 10.9 Å². The van der Waals surface area contributed by atoms with Crippen molar-refractivity contribution in [1.29, 1.82) is 0 Å². The molecule has 0 aliphatic rings. The number of halogens is 1. The predicted molar refractivity (Wildman–Crippen MR) is 55.9 cm³/mol. The third-order valence-corrected chi connectivity index (χ3v) is 3.01. The van der Waals surface area contributed by atoms with E-state index in [9.17, 15) is 17.6 Å². The molecular weight excluding hydrogens is 235 g/mol. The molecule has 0 amide bonds. The molecule has 7 heteroatoms. The Hall–Kier alpha value is -1.73. The highest BCUT2D eigenvalue weighted by Crippen LogP contribution is 2.19. The Bertz CT molecular complexity index is 721. The molecule has 0 unspecified atom stereocenters. The Kier molecular flexibility index (Phi) is 2.28. The van der Waals surface area contributed by atoms with E-state index in [-0.39, 0.29) is 5.52 Å². The molecule has 16 heavy (non-hydrogen) atoms. The van der Waals surface area contributed by atoms with Crippen molar-refractivity contribution in [2.24, 2.45) is 5.14 Å². The lowest BCUT2D eigenvalue weighted by molar-refractivity contribution is 0.569. The second kappa shape index (κ2) is 3.39. The van der Waals surface area contributed by atoms with E-state index in [1.54, 1.807) is 0 Å². The molecule has 0 aliphatic heterocycles. The Balaban J connectivity index is 2.88. The number of pyridine rings is 1. The van der Waals surface area contributed by atoms with Gasteiger partial charge in [-0.1, -0.05) is 0 Å². The number of benzene rings is 1. The van der Waals surface area contributed by atoms with Crippen LogP contribution in [0, 0.1) is 5.82 Å². The van der Waals surface area contributed by atoms with E-state index >= 15 is 0 Å². The van der Waals surface area contributed by atoms with Crippen molar-refractivity contribution in [1.82, 2.24) is 4.98 Å². The zero-order valence-corrected chi connectivity index (χ0v) is 8.71. The number of hydrogen-bond donors (Lipinski definition) is 2. The van der Waals surface area contributed by atoms with Gasteiger partial charge in [-0.05, 0) is 23.6 Å². The molecule has 0 fully saturated rings. The van der Waals surface area contributed by atoms with Crippen LogP contribution in [0.3, 0.4) is 0 Å². The van der Waals surface area contributed by atoms with Crippen molar-refractivity contribution in [2.75, 3.05) is 0 Å². The van der Waals surface area contributed by atoms with Crippen molar-refractivity contribution in [2.45, 2.75) is 4.90 Å². The molecule has 1 heterocycles. The minimum absolute atomic E-state index is 0.220. The summed E-state index contributed by atoms with van der Waals surface area (Å²) in [5.41, 5.74) is -0.173. The van der Waals surface area contributed by atoms with E-state index in [4.69, 9.17) is 5.14 Å². The first-order valence-electron chi connectivity index (χ1n) is 4.23. The maximum Gasteiger partial charge on any atom is 0.248 e. The molecule has 0 saturated heterocycles. The quantitative estimate of drug-likeness (QED) is 0.753. The van der Waals surface area contributed by atoms with Crippen LogP contribution in [0.4, 0.5) is 4.39 Å². The maximum atomic E-state index is 13.4. The normalized spacial score (nSPS) is 11.9. The van der Waals surface area contributed by atoms with Crippen LogP contribution in [-0.2, 0) is 10.0 Å². The Labute approximate surface area is 89.8 Å². The van der Waals surface area contributed by atoms with Crippen LogP contribution in [0.2, 0.25) is 0 Å². The van der Waals surface area contributed by atoms with Gasteiger partial charge in [0.2, 0.25) is 15.6 Å². The van der Waals surface area contributed by atoms with Crippen molar-refractivity contribution < 1.29 is 12.8 Å². The van der Waals surface area contributed by atoms with Crippen LogP contribution in [0.15, 0.2) is 34.0 Å². The molecule has 0 radical (unpaired) electrons. The fraction of sp³-hybridized carbons (Fsp3) is 0. The highest BCUT2D eigenvalue weighted by Gasteiger charge is 2.15. The molecule has 0 atom stereocenters. The van der Waals surface area contributed by atoms with Crippen LogP contribution in [0.1, 0.15) is 0 Å². The first kappa shape index (κ1) is 10.8. The second-order valence-electron chi connectivity index (χ2n) is 3.24. The van der Waals surface area contributed by atoms with Crippen LogP contribution in [0.5, 0.6) is 0 Å². The lowest BCUT2D eigenvalue weighted by Gasteiger charge is -2.02. The summed E-state index contributed by atoms with van der Waals surface area (Å²) in [7, 11) is -4.10. The van der Waals surface area contributed by atoms with E-state index in [2.05, 4.69) is 4.98 Å². The molecule has 0 aliphatic carbocycles. The molecule has 0 saturated carbocycles. The number of primary sulfonamides is 1. The number of nitrogens with two attached hydrogens (primary N) is 1. The van der Waals surface area contributed by atoms with Crippen molar-refractivity contribution in [3.63, 3.8) is 0 Å². The SMILES string of the molecule is NS(=O)(=O)c1cc2ccc(=O)[nH]c2cc1F. The van der Waals surface area contributed by atoms with E-state index in [1.807, 2.05) is 0 Å². The van der Waals surface area contributed by atoms with Crippen LogP contribution >= 0.6 is 0 Å². The van der Waals surface area contributed by atoms with Gasteiger partial charge in [0.25, 0.3) is 0 Å². The molecular formula is C9H7FN2O3S. The number of sulfonamides is 1. The van der Waals surface area contributed by atoms with Crippen LogP contribution < -0.4 is 10.7 Å². The zero-order valence-electron chi connectivity index (χ0n) is 7.90. The van der Waals surface area contributed by atoms with Gasteiger partial charge in [-0.2, -0.15) is 0 Å². The monoisotopic (exact) mass is 242 g/mol. The molecule has 84 valence electrons. The number of hydrogen-bond acceptors (Lipinski definition) is 3. The average Bonchev–Trinajstić information content (AvgIpc) is 2.14. The first-order chi connectivity index (χ1) is 7.38. The van der Waals surface area contributed by atoms with Gasteiger partial charge >= 0.3 is 0 Å². The van der Waals surface area contributed by atoms with Gasteiger partial charge in [-0.15, -0.1) is 0 Å². The Morgan fingerprint density at radius 2 is 1.94 bits per heavy atom. The number of fused-ring (bicyclic) bond motifs is 1. The highest BCUT2D eigenvalue weighted by atomic mass is 32.2. The van der Waals surface area contributed by atoms with Crippen molar-refractivity contribution in [3.05, 3.63) is 40.4 Å². The molecule has 2 rings (SSSR count). The summed E-state index contributed by atoms with van der Waals surface area (Å²) >= 11 is 0. The third kappa shape index (κ3) is 1.82. The van der Waals surface area contributed by atoms with E-state index in [1.165, 1.54) is 12.1 Å². The molecule has 5 nitrogen and oxygen atoms in total. The summed E-state index contributed by atoms with van der Waals surface area (Å²) in [6.45, 7) is 0.